The SMILES string of the molecule is COCC(Cl)CCNC(=O)c1sccc1Br. The molecular formula is C10H13BrClNO2S. The van der Waals surface area contributed by atoms with Gasteiger partial charge >= 0.3 is 0 Å². The lowest BCUT2D eigenvalue weighted by Crippen LogP contribution is -2.26. The molecule has 1 heterocycles. The summed E-state index contributed by atoms with van der Waals surface area (Å²) < 4.78 is 5.73. The van der Waals surface area contributed by atoms with Gasteiger partial charge in [-0.1, -0.05) is 0 Å². The Morgan fingerprint density at radius 2 is 2.50 bits per heavy atom. The van der Waals surface area contributed by atoms with Crippen molar-refractivity contribution in [2.75, 3.05) is 20.3 Å². The first kappa shape index (κ1) is 14.0. The second kappa shape index (κ2) is 7.27. The van der Waals surface area contributed by atoms with Gasteiger partial charge in [0.2, 0.25) is 0 Å². The molecule has 0 aliphatic heterocycles. The lowest BCUT2D eigenvalue weighted by Gasteiger charge is -2.08. The first-order valence-corrected chi connectivity index (χ1v) is 6.90. The van der Waals surface area contributed by atoms with Gasteiger partial charge in [0, 0.05) is 18.1 Å². The molecule has 0 radical (unpaired) electrons. The first-order chi connectivity index (χ1) is 7.65. The Hall–Kier alpha value is -0.100. The second-order valence-corrected chi connectivity index (χ2v) is 5.58. The largest absolute Gasteiger partial charge is 0.383 e. The van der Waals surface area contributed by atoms with Crippen LogP contribution in [0, 0.1) is 0 Å². The van der Waals surface area contributed by atoms with Crippen LogP contribution in [0.1, 0.15) is 16.1 Å². The molecule has 1 atom stereocenters. The van der Waals surface area contributed by atoms with Gasteiger partial charge in [-0.2, -0.15) is 0 Å². The number of halogens is 2. The van der Waals surface area contributed by atoms with Crippen LogP contribution in [0.25, 0.3) is 0 Å². The molecule has 1 rings (SSSR count). The third kappa shape index (κ3) is 4.41. The summed E-state index contributed by atoms with van der Waals surface area (Å²) in [6.45, 7) is 1.06. The molecule has 1 unspecified atom stereocenters. The molecule has 16 heavy (non-hydrogen) atoms. The lowest BCUT2D eigenvalue weighted by molar-refractivity contribution is 0.0955. The number of carbonyl (C=O) groups excluding carboxylic acids is 1. The van der Waals surface area contributed by atoms with Crippen LogP contribution in [-0.4, -0.2) is 31.5 Å². The van der Waals surface area contributed by atoms with Crippen LogP contribution in [0.15, 0.2) is 15.9 Å². The molecule has 1 aromatic rings. The van der Waals surface area contributed by atoms with E-state index in [1.165, 1.54) is 11.3 Å². The third-order valence-electron chi connectivity index (χ3n) is 1.91. The van der Waals surface area contributed by atoms with Crippen molar-refractivity contribution in [3.8, 4) is 0 Å². The van der Waals surface area contributed by atoms with Gasteiger partial charge < -0.3 is 10.1 Å². The molecule has 0 saturated carbocycles. The van der Waals surface area contributed by atoms with Crippen molar-refractivity contribution in [2.24, 2.45) is 0 Å². The number of methoxy groups -OCH3 is 1. The van der Waals surface area contributed by atoms with E-state index in [2.05, 4.69) is 21.2 Å². The average molecular weight is 327 g/mol. The summed E-state index contributed by atoms with van der Waals surface area (Å²) in [5.74, 6) is -0.0665. The fourth-order valence-corrected chi connectivity index (χ4v) is 2.85. The Kier molecular flexibility index (Phi) is 6.34. The van der Waals surface area contributed by atoms with Crippen molar-refractivity contribution in [3.05, 3.63) is 20.8 Å². The van der Waals surface area contributed by atoms with Crippen molar-refractivity contribution in [1.82, 2.24) is 5.32 Å². The molecule has 0 aliphatic rings. The van der Waals surface area contributed by atoms with Gasteiger partial charge in [-0.3, -0.25) is 4.79 Å². The number of alkyl halides is 1. The molecule has 0 fully saturated rings. The zero-order chi connectivity index (χ0) is 12.0. The molecule has 0 saturated heterocycles. The van der Waals surface area contributed by atoms with E-state index in [0.29, 0.717) is 24.4 Å². The minimum Gasteiger partial charge on any atom is -0.383 e. The van der Waals surface area contributed by atoms with E-state index in [1.807, 2.05) is 11.4 Å². The van der Waals surface area contributed by atoms with Crippen LogP contribution in [0.5, 0.6) is 0 Å². The van der Waals surface area contributed by atoms with Gasteiger partial charge in [-0.25, -0.2) is 0 Å². The topological polar surface area (TPSA) is 38.3 Å². The van der Waals surface area contributed by atoms with Gasteiger partial charge in [0.1, 0.15) is 4.88 Å². The highest BCUT2D eigenvalue weighted by Gasteiger charge is 2.11. The Morgan fingerprint density at radius 3 is 3.06 bits per heavy atom. The molecule has 1 N–H and O–H groups in total. The second-order valence-electron chi connectivity index (χ2n) is 3.19. The van der Waals surface area contributed by atoms with Crippen molar-refractivity contribution in [1.29, 1.82) is 0 Å². The maximum atomic E-state index is 11.7. The van der Waals surface area contributed by atoms with Crippen molar-refractivity contribution in [2.45, 2.75) is 11.8 Å². The van der Waals surface area contributed by atoms with Gasteiger partial charge in [0.15, 0.2) is 0 Å². The summed E-state index contributed by atoms with van der Waals surface area (Å²) in [5, 5.41) is 4.63. The molecule has 90 valence electrons. The van der Waals surface area contributed by atoms with E-state index < -0.39 is 0 Å². The molecule has 0 aliphatic carbocycles. The maximum Gasteiger partial charge on any atom is 0.262 e. The zero-order valence-corrected chi connectivity index (χ0v) is 12.0. The summed E-state index contributed by atoms with van der Waals surface area (Å²) in [4.78, 5) is 12.4. The number of amides is 1. The number of nitrogens with one attached hydrogen (secondary N) is 1. The predicted molar refractivity (Wildman–Crippen MR) is 70.5 cm³/mol. The monoisotopic (exact) mass is 325 g/mol. The minimum absolute atomic E-state index is 0.0583. The molecule has 0 aromatic carbocycles. The zero-order valence-electron chi connectivity index (χ0n) is 8.83. The minimum atomic E-state index is -0.0665. The van der Waals surface area contributed by atoms with Crippen molar-refractivity contribution >= 4 is 44.8 Å². The summed E-state index contributed by atoms with van der Waals surface area (Å²) in [6.07, 6.45) is 0.699. The number of carbonyl (C=O) groups is 1. The van der Waals surface area contributed by atoms with Crippen molar-refractivity contribution in [3.63, 3.8) is 0 Å². The molecule has 1 aromatic heterocycles. The van der Waals surface area contributed by atoms with Crippen LogP contribution in [0.4, 0.5) is 0 Å². The summed E-state index contributed by atoms with van der Waals surface area (Å²) in [7, 11) is 1.61. The van der Waals surface area contributed by atoms with Gasteiger partial charge in [0.25, 0.3) is 5.91 Å². The Bertz CT molecular complexity index is 345. The van der Waals surface area contributed by atoms with Crippen LogP contribution >= 0.6 is 38.9 Å². The van der Waals surface area contributed by atoms with Crippen LogP contribution in [-0.2, 0) is 4.74 Å². The van der Waals surface area contributed by atoms with E-state index >= 15 is 0 Å². The average Bonchev–Trinajstić information content (AvgIpc) is 2.64. The van der Waals surface area contributed by atoms with Gasteiger partial charge in [-0.15, -0.1) is 22.9 Å². The van der Waals surface area contributed by atoms with Crippen LogP contribution in [0.3, 0.4) is 0 Å². The smallest absolute Gasteiger partial charge is 0.262 e. The third-order valence-corrected chi connectivity index (χ3v) is 4.09. The van der Waals surface area contributed by atoms with Crippen molar-refractivity contribution < 1.29 is 9.53 Å². The predicted octanol–water partition coefficient (Wildman–Crippen LogP) is 2.88. The highest BCUT2D eigenvalue weighted by atomic mass is 79.9. The molecule has 1 amide bonds. The number of hydrogen-bond donors (Lipinski definition) is 1. The fraction of sp³-hybridized carbons (Fsp3) is 0.500. The Morgan fingerprint density at radius 1 is 1.75 bits per heavy atom. The summed E-state index contributed by atoms with van der Waals surface area (Å²) in [6, 6.07) is 1.86. The molecule has 3 nitrogen and oxygen atoms in total. The van der Waals surface area contributed by atoms with Crippen LogP contribution in [0.2, 0.25) is 0 Å². The van der Waals surface area contributed by atoms with E-state index in [-0.39, 0.29) is 11.3 Å². The molecule has 0 spiro atoms. The Balaban J connectivity index is 2.29. The number of thiophene rings is 1. The van der Waals surface area contributed by atoms with E-state index in [9.17, 15) is 4.79 Å². The lowest BCUT2D eigenvalue weighted by atomic mass is 10.3. The maximum absolute atomic E-state index is 11.7. The number of rotatable bonds is 6. The van der Waals surface area contributed by atoms with E-state index in [0.717, 1.165) is 4.47 Å². The summed E-state index contributed by atoms with van der Waals surface area (Å²) >= 11 is 10.7. The fourth-order valence-electron chi connectivity index (χ4n) is 1.14. The standard InChI is InChI=1S/C10H13BrClNO2S/c1-15-6-7(12)2-4-13-10(14)9-8(11)3-5-16-9/h3,5,7H,2,4,6H2,1H3,(H,13,14). The van der Waals surface area contributed by atoms with Gasteiger partial charge in [0.05, 0.1) is 12.0 Å². The molecule has 0 bridgehead atoms. The van der Waals surface area contributed by atoms with Crippen LogP contribution < -0.4 is 5.32 Å². The van der Waals surface area contributed by atoms with E-state index in [1.54, 1.807) is 7.11 Å². The Labute approximate surface area is 112 Å². The molecule has 6 heteroatoms. The summed E-state index contributed by atoms with van der Waals surface area (Å²) in [5.41, 5.74) is 0. The number of hydrogen-bond acceptors (Lipinski definition) is 3. The normalized spacial score (nSPS) is 12.4. The quantitative estimate of drug-likeness (QED) is 0.816. The first-order valence-electron chi connectivity index (χ1n) is 4.79. The highest BCUT2D eigenvalue weighted by molar-refractivity contribution is 9.10. The number of ether oxygens (including phenoxy) is 1. The highest BCUT2D eigenvalue weighted by Crippen LogP contribution is 2.22. The van der Waals surface area contributed by atoms with Gasteiger partial charge in [-0.05, 0) is 33.8 Å². The molecular weight excluding hydrogens is 314 g/mol. The van der Waals surface area contributed by atoms with E-state index in [4.69, 9.17) is 16.3 Å².